The van der Waals surface area contributed by atoms with E-state index in [1.165, 1.54) is 6.07 Å². The molecule has 0 bridgehead atoms. The van der Waals surface area contributed by atoms with Gasteiger partial charge in [0, 0.05) is 23.3 Å². The van der Waals surface area contributed by atoms with E-state index in [0.717, 1.165) is 5.56 Å². The molecule has 3 aromatic rings. The average molecular weight is 333 g/mol. The highest BCUT2D eigenvalue weighted by molar-refractivity contribution is 6.39. The van der Waals surface area contributed by atoms with E-state index >= 15 is 0 Å². The van der Waals surface area contributed by atoms with Crippen molar-refractivity contribution in [3.05, 3.63) is 58.3 Å². The van der Waals surface area contributed by atoms with E-state index in [1.54, 1.807) is 30.7 Å². The maximum absolute atomic E-state index is 9.98. The van der Waals surface area contributed by atoms with E-state index in [2.05, 4.69) is 20.5 Å². The van der Waals surface area contributed by atoms with Crippen LogP contribution in [0.2, 0.25) is 10.0 Å². The number of phenols is 1. The van der Waals surface area contributed by atoms with Crippen molar-refractivity contribution in [2.24, 2.45) is 5.10 Å². The molecule has 0 aliphatic rings. The third-order valence-corrected chi connectivity index (χ3v) is 3.53. The van der Waals surface area contributed by atoms with Crippen LogP contribution in [-0.4, -0.2) is 21.3 Å². The molecule has 0 atom stereocenters. The Balaban J connectivity index is 1.89. The Bertz CT molecular complexity index is 853. The number of anilines is 1. The van der Waals surface area contributed by atoms with E-state index < -0.39 is 0 Å². The largest absolute Gasteiger partial charge is 0.504 e. The Hall–Kier alpha value is -2.37. The van der Waals surface area contributed by atoms with Crippen molar-refractivity contribution in [3.8, 4) is 5.75 Å². The van der Waals surface area contributed by atoms with Gasteiger partial charge in [-0.05, 0) is 24.3 Å². The normalized spacial score (nSPS) is 11.2. The van der Waals surface area contributed by atoms with Gasteiger partial charge in [0.2, 0.25) is 0 Å². The number of phenolic OH excluding ortho intramolecular Hbond substituents is 1. The van der Waals surface area contributed by atoms with Crippen LogP contribution in [0.1, 0.15) is 5.56 Å². The van der Waals surface area contributed by atoms with Gasteiger partial charge in [0.25, 0.3) is 0 Å². The number of fused-ring (bicyclic) bond motifs is 1. The first-order valence-electron chi connectivity index (χ1n) is 6.32. The van der Waals surface area contributed by atoms with E-state index in [-0.39, 0.29) is 10.8 Å². The molecule has 1 aromatic carbocycles. The molecule has 2 N–H and O–H groups in total. The van der Waals surface area contributed by atoms with Crippen LogP contribution >= 0.6 is 23.2 Å². The zero-order valence-corrected chi connectivity index (χ0v) is 12.7. The molecule has 3 rings (SSSR count). The van der Waals surface area contributed by atoms with Crippen molar-refractivity contribution in [2.45, 2.75) is 0 Å². The second kappa shape index (κ2) is 6.17. The lowest BCUT2D eigenvalue weighted by Gasteiger charge is -2.06. The van der Waals surface area contributed by atoms with Gasteiger partial charge in [0.1, 0.15) is 11.3 Å². The van der Waals surface area contributed by atoms with Crippen molar-refractivity contribution in [1.29, 1.82) is 0 Å². The molecular formula is C15H10Cl2N4O. The molecule has 110 valence electrons. The topological polar surface area (TPSA) is 70.4 Å². The summed E-state index contributed by atoms with van der Waals surface area (Å²) in [6, 6.07) is 8.62. The lowest BCUT2D eigenvalue weighted by atomic mass is 10.2. The highest BCUT2D eigenvalue weighted by Crippen LogP contribution is 2.36. The van der Waals surface area contributed by atoms with Crippen LogP contribution in [0.15, 0.2) is 47.8 Å². The highest BCUT2D eigenvalue weighted by atomic mass is 35.5. The molecule has 0 fully saturated rings. The fourth-order valence-corrected chi connectivity index (χ4v) is 2.41. The van der Waals surface area contributed by atoms with E-state index in [0.29, 0.717) is 21.7 Å². The Morgan fingerprint density at radius 2 is 2.05 bits per heavy atom. The zero-order chi connectivity index (χ0) is 15.5. The zero-order valence-electron chi connectivity index (χ0n) is 11.2. The van der Waals surface area contributed by atoms with Gasteiger partial charge in [-0.1, -0.05) is 29.3 Å². The molecule has 0 saturated carbocycles. The molecule has 0 aliphatic heterocycles. The van der Waals surface area contributed by atoms with Crippen LogP contribution in [0.4, 0.5) is 5.82 Å². The first-order chi connectivity index (χ1) is 10.6. The second-order valence-electron chi connectivity index (χ2n) is 4.44. The third-order valence-electron chi connectivity index (χ3n) is 2.93. The maximum atomic E-state index is 9.98. The second-order valence-corrected chi connectivity index (χ2v) is 5.25. The number of pyridine rings is 2. The fraction of sp³-hybridized carbons (Fsp3) is 0. The van der Waals surface area contributed by atoms with Gasteiger partial charge in [-0.15, -0.1) is 0 Å². The summed E-state index contributed by atoms with van der Waals surface area (Å²) < 4.78 is 0. The number of benzene rings is 1. The van der Waals surface area contributed by atoms with Crippen LogP contribution in [0.25, 0.3) is 10.9 Å². The molecule has 2 aromatic heterocycles. The van der Waals surface area contributed by atoms with E-state index in [9.17, 15) is 5.11 Å². The Kier molecular flexibility index (Phi) is 4.09. The molecule has 5 nitrogen and oxygen atoms in total. The first kappa shape index (κ1) is 14.6. The number of hydrogen-bond donors (Lipinski definition) is 2. The van der Waals surface area contributed by atoms with E-state index in [1.807, 2.05) is 12.1 Å². The summed E-state index contributed by atoms with van der Waals surface area (Å²) in [6.07, 6.45) is 4.99. The molecule has 2 heterocycles. The Morgan fingerprint density at radius 1 is 1.18 bits per heavy atom. The van der Waals surface area contributed by atoms with Gasteiger partial charge in [-0.2, -0.15) is 5.10 Å². The quantitative estimate of drug-likeness (QED) is 0.559. The summed E-state index contributed by atoms with van der Waals surface area (Å²) in [7, 11) is 0. The molecule has 0 saturated heterocycles. The molecule has 0 amide bonds. The van der Waals surface area contributed by atoms with Crippen molar-refractivity contribution >= 4 is 46.1 Å². The number of rotatable bonds is 3. The lowest BCUT2D eigenvalue weighted by Crippen LogP contribution is -1.94. The number of nitrogens with zero attached hydrogens (tertiary/aromatic N) is 3. The number of hydrogen-bond acceptors (Lipinski definition) is 5. The molecule has 0 aliphatic carbocycles. The van der Waals surface area contributed by atoms with Gasteiger partial charge >= 0.3 is 0 Å². The number of halogens is 2. The SMILES string of the molecule is Oc1c(Cl)cc(Cl)c2ccc(N/N=C\c3cccnc3)nc12. The van der Waals surface area contributed by atoms with Crippen LogP contribution in [0.5, 0.6) is 5.75 Å². The lowest BCUT2D eigenvalue weighted by molar-refractivity contribution is 0.480. The minimum atomic E-state index is -0.110. The third kappa shape index (κ3) is 2.95. The molecule has 22 heavy (non-hydrogen) atoms. The van der Waals surface area contributed by atoms with Gasteiger partial charge in [0.15, 0.2) is 5.75 Å². The summed E-state index contributed by atoms with van der Waals surface area (Å²) in [4.78, 5) is 8.25. The first-order valence-corrected chi connectivity index (χ1v) is 7.07. The van der Waals surface area contributed by atoms with Gasteiger partial charge in [-0.3, -0.25) is 10.4 Å². The summed E-state index contributed by atoms with van der Waals surface area (Å²) in [5, 5.41) is 15.2. The number of aromatic hydroxyl groups is 1. The Morgan fingerprint density at radius 3 is 2.82 bits per heavy atom. The van der Waals surface area contributed by atoms with Gasteiger partial charge < -0.3 is 5.11 Å². The van der Waals surface area contributed by atoms with Crippen LogP contribution in [0, 0.1) is 0 Å². The summed E-state index contributed by atoms with van der Waals surface area (Å²) in [6.45, 7) is 0. The van der Waals surface area contributed by atoms with Crippen molar-refractivity contribution in [3.63, 3.8) is 0 Å². The number of hydrazone groups is 1. The highest BCUT2D eigenvalue weighted by Gasteiger charge is 2.11. The minimum Gasteiger partial charge on any atom is -0.504 e. The molecule has 0 radical (unpaired) electrons. The summed E-state index contributed by atoms with van der Waals surface area (Å²) in [5.41, 5.74) is 3.95. The predicted octanol–water partition coefficient (Wildman–Crippen LogP) is 4.09. The molecular weight excluding hydrogens is 323 g/mol. The van der Waals surface area contributed by atoms with Crippen LogP contribution in [-0.2, 0) is 0 Å². The molecule has 7 heteroatoms. The van der Waals surface area contributed by atoms with Crippen molar-refractivity contribution in [2.75, 3.05) is 5.43 Å². The standard InChI is InChI=1S/C15H10Cl2N4O/c16-11-6-12(17)15(22)14-10(11)3-4-13(20-14)21-19-8-9-2-1-5-18-7-9/h1-8,22H,(H,20,21)/b19-8-. The number of aromatic nitrogens is 2. The summed E-state index contributed by atoms with van der Waals surface area (Å²) >= 11 is 12.0. The molecule has 0 unspecified atom stereocenters. The summed E-state index contributed by atoms with van der Waals surface area (Å²) in [5.74, 6) is 0.349. The van der Waals surface area contributed by atoms with E-state index in [4.69, 9.17) is 23.2 Å². The minimum absolute atomic E-state index is 0.110. The fourth-order valence-electron chi connectivity index (χ4n) is 1.89. The monoisotopic (exact) mass is 332 g/mol. The van der Waals surface area contributed by atoms with Gasteiger partial charge in [0.05, 0.1) is 16.3 Å². The Labute approximate surface area is 136 Å². The maximum Gasteiger partial charge on any atom is 0.160 e. The van der Waals surface area contributed by atoms with Crippen LogP contribution in [0.3, 0.4) is 0 Å². The van der Waals surface area contributed by atoms with Crippen molar-refractivity contribution in [1.82, 2.24) is 9.97 Å². The average Bonchev–Trinajstić information content (AvgIpc) is 2.54. The van der Waals surface area contributed by atoms with Crippen LogP contribution < -0.4 is 5.43 Å². The smallest absolute Gasteiger partial charge is 0.160 e. The molecule has 0 spiro atoms. The predicted molar refractivity (Wildman–Crippen MR) is 88.9 cm³/mol. The number of nitrogens with one attached hydrogen (secondary N) is 1. The van der Waals surface area contributed by atoms with Gasteiger partial charge in [-0.25, -0.2) is 4.98 Å². The van der Waals surface area contributed by atoms with Crippen molar-refractivity contribution < 1.29 is 5.11 Å².